The number of nitrogens with one attached hydrogen (secondary N) is 2. The van der Waals surface area contributed by atoms with Crippen LogP contribution in [0.1, 0.15) is 5.56 Å². The van der Waals surface area contributed by atoms with Crippen molar-refractivity contribution in [2.24, 2.45) is 0 Å². The van der Waals surface area contributed by atoms with Crippen LogP contribution in [-0.4, -0.2) is 41.6 Å². The van der Waals surface area contributed by atoms with E-state index in [-0.39, 0.29) is 10.6 Å². The standard InChI is InChI=1S/C14H18N2O6S/c1-9-5-6-10(7-12(9)23(19,20)15-2)16-11(14(18)22-4)8-13(17)21-3/h5-8,15-16H,1-4H3/b11-8+. The highest BCUT2D eigenvalue weighted by molar-refractivity contribution is 7.89. The highest BCUT2D eigenvalue weighted by Crippen LogP contribution is 2.21. The first-order valence-electron chi connectivity index (χ1n) is 6.44. The molecule has 1 aromatic rings. The van der Waals surface area contributed by atoms with Crippen molar-refractivity contribution in [2.45, 2.75) is 11.8 Å². The highest BCUT2D eigenvalue weighted by Gasteiger charge is 2.17. The van der Waals surface area contributed by atoms with Crippen molar-refractivity contribution >= 4 is 27.6 Å². The molecule has 0 saturated heterocycles. The van der Waals surface area contributed by atoms with Crippen LogP contribution in [0.2, 0.25) is 0 Å². The third-order valence-electron chi connectivity index (χ3n) is 2.89. The SMILES string of the molecule is CNS(=O)(=O)c1cc(N/C(=C/C(=O)OC)C(=O)OC)ccc1C. The minimum Gasteiger partial charge on any atom is -0.466 e. The van der Waals surface area contributed by atoms with E-state index >= 15 is 0 Å². The van der Waals surface area contributed by atoms with Crippen LogP contribution in [-0.2, 0) is 29.1 Å². The average molecular weight is 342 g/mol. The zero-order chi connectivity index (χ0) is 17.6. The summed E-state index contributed by atoms with van der Waals surface area (Å²) in [4.78, 5) is 23.0. The summed E-state index contributed by atoms with van der Waals surface area (Å²) in [6, 6.07) is 4.48. The molecule has 0 fully saturated rings. The van der Waals surface area contributed by atoms with Gasteiger partial charge in [-0.2, -0.15) is 0 Å². The monoisotopic (exact) mass is 342 g/mol. The Morgan fingerprint density at radius 3 is 2.35 bits per heavy atom. The average Bonchev–Trinajstić information content (AvgIpc) is 2.54. The van der Waals surface area contributed by atoms with E-state index in [0.29, 0.717) is 11.3 Å². The molecule has 0 atom stereocenters. The molecule has 8 nitrogen and oxygen atoms in total. The topological polar surface area (TPSA) is 111 Å². The Hall–Kier alpha value is -2.39. The maximum absolute atomic E-state index is 12.0. The van der Waals surface area contributed by atoms with Gasteiger partial charge in [-0.05, 0) is 31.7 Å². The molecule has 0 aliphatic carbocycles. The van der Waals surface area contributed by atoms with Crippen LogP contribution in [0, 0.1) is 6.92 Å². The second-order valence-electron chi connectivity index (χ2n) is 4.39. The molecule has 0 spiro atoms. The molecule has 2 N–H and O–H groups in total. The van der Waals surface area contributed by atoms with Gasteiger partial charge < -0.3 is 14.8 Å². The van der Waals surface area contributed by atoms with Gasteiger partial charge in [-0.15, -0.1) is 0 Å². The van der Waals surface area contributed by atoms with Crippen LogP contribution in [0.4, 0.5) is 5.69 Å². The fourth-order valence-corrected chi connectivity index (χ4v) is 2.66. The minimum atomic E-state index is -3.66. The summed E-state index contributed by atoms with van der Waals surface area (Å²) in [7, 11) is -0.0426. The zero-order valence-electron chi connectivity index (χ0n) is 13.2. The Balaban J connectivity index is 3.26. The van der Waals surface area contributed by atoms with Gasteiger partial charge in [0.2, 0.25) is 10.0 Å². The summed E-state index contributed by atoms with van der Waals surface area (Å²) in [6.45, 7) is 1.64. The molecule has 0 radical (unpaired) electrons. The Kier molecular flexibility index (Phi) is 6.28. The number of sulfonamides is 1. The molecular weight excluding hydrogens is 324 g/mol. The fourth-order valence-electron chi connectivity index (χ4n) is 1.67. The van der Waals surface area contributed by atoms with E-state index in [1.807, 2.05) is 0 Å². The van der Waals surface area contributed by atoms with Gasteiger partial charge in [0, 0.05) is 5.69 Å². The maximum Gasteiger partial charge on any atom is 0.354 e. The third kappa shape index (κ3) is 4.80. The first-order chi connectivity index (χ1) is 10.7. The van der Waals surface area contributed by atoms with Gasteiger partial charge in [0.15, 0.2) is 0 Å². The van der Waals surface area contributed by atoms with Crippen molar-refractivity contribution in [3.63, 3.8) is 0 Å². The lowest BCUT2D eigenvalue weighted by molar-refractivity contribution is -0.138. The third-order valence-corrected chi connectivity index (χ3v) is 4.45. The van der Waals surface area contributed by atoms with E-state index in [2.05, 4.69) is 19.5 Å². The Labute approximate surface area is 134 Å². The van der Waals surface area contributed by atoms with Crippen molar-refractivity contribution in [1.82, 2.24) is 4.72 Å². The first-order valence-corrected chi connectivity index (χ1v) is 7.92. The smallest absolute Gasteiger partial charge is 0.354 e. The predicted octanol–water partition coefficient (Wildman–Crippen LogP) is 0.545. The summed E-state index contributed by atoms with van der Waals surface area (Å²) in [5, 5.41) is 2.65. The Morgan fingerprint density at radius 1 is 1.17 bits per heavy atom. The molecule has 0 heterocycles. The lowest BCUT2D eigenvalue weighted by Gasteiger charge is -2.12. The maximum atomic E-state index is 12.0. The van der Waals surface area contributed by atoms with Crippen LogP contribution in [0.5, 0.6) is 0 Å². The predicted molar refractivity (Wildman–Crippen MR) is 83.2 cm³/mol. The van der Waals surface area contributed by atoms with Crippen molar-refractivity contribution in [1.29, 1.82) is 0 Å². The van der Waals surface area contributed by atoms with Crippen molar-refractivity contribution < 1.29 is 27.5 Å². The summed E-state index contributed by atoms with van der Waals surface area (Å²) in [5.74, 6) is -1.55. The summed E-state index contributed by atoms with van der Waals surface area (Å²) < 4.78 is 35.2. The van der Waals surface area contributed by atoms with E-state index in [1.54, 1.807) is 19.1 Å². The molecule has 0 aromatic heterocycles. The number of aryl methyl sites for hydroxylation is 1. The number of hydrogen-bond donors (Lipinski definition) is 2. The lowest BCUT2D eigenvalue weighted by Crippen LogP contribution is -2.20. The number of carbonyl (C=O) groups is 2. The Morgan fingerprint density at radius 2 is 1.83 bits per heavy atom. The van der Waals surface area contributed by atoms with Crippen LogP contribution < -0.4 is 10.0 Å². The van der Waals surface area contributed by atoms with E-state index < -0.39 is 22.0 Å². The molecule has 0 aliphatic heterocycles. The highest BCUT2D eigenvalue weighted by atomic mass is 32.2. The molecule has 9 heteroatoms. The summed E-state index contributed by atoms with van der Waals surface area (Å²) in [6.07, 6.45) is 0.915. The lowest BCUT2D eigenvalue weighted by atomic mass is 10.2. The van der Waals surface area contributed by atoms with Crippen molar-refractivity contribution in [3.05, 3.63) is 35.5 Å². The minimum absolute atomic E-state index is 0.0484. The quantitative estimate of drug-likeness (QED) is 0.573. The molecular formula is C14H18N2O6S. The van der Waals surface area contributed by atoms with Gasteiger partial charge in [0.25, 0.3) is 0 Å². The molecule has 0 unspecified atom stereocenters. The normalized spacial score (nSPS) is 11.7. The van der Waals surface area contributed by atoms with Gasteiger partial charge in [-0.3, -0.25) is 0 Å². The molecule has 23 heavy (non-hydrogen) atoms. The first kappa shape index (κ1) is 18.7. The summed E-state index contributed by atoms with van der Waals surface area (Å²) >= 11 is 0. The molecule has 1 aromatic carbocycles. The van der Waals surface area contributed by atoms with Gasteiger partial charge in [-0.1, -0.05) is 6.07 Å². The van der Waals surface area contributed by atoms with E-state index in [0.717, 1.165) is 20.3 Å². The second kappa shape index (κ2) is 7.75. The van der Waals surface area contributed by atoms with Crippen LogP contribution in [0.3, 0.4) is 0 Å². The Bertz CT molecular complexity index is 740. The molecule has 1 rings (SSSR count). The van der Waals surface area contributed by atoms with Crippen LogP contribution in [0.25, 0.3) is 0 Å². The van der Waals surface area contributed by atoms with Gasteiger partial charge in [0.05, 0.1) is 25.2 Å². The van der Waals surface area contributed by atoms with E-state index in [9.17, 15) is 18.0 Å². The van der Waals surface area contributed by atoms with Crippen LogP contribution in [0.15, 0.2) is 34.9 Å². The van der Waals surface area contributed by atoms with Gasteiger partial charge >= 0.3 is 11.9 Å². The fraction of sp³-hybridized carbons (Fsp3) is 0.286. The van der Waals surface area contributed by atoms with E-state index in [1.165, 1.54) is 13.1 Å². The van der Waals surface area contributed by atoms with Gasteiger partial charge in [-0.25, -0.2) is 22.7 Å². The number of anilines is 1. The van der Waals surface area contributed by atoms with Crippen molar-refractivity contribution in [3.8, 4) is 0 Å². The molecule has 126 valence electrons. The van der Waals surface area contributed by atoms with Crippen LogP contribution >= 0.6 is 0 Å². The summed E-state index contributed by atoms with van der Waals surface area (Å²) in [5.41, 5.74) is 0.641. The molecule has 0 amide bonds. The molecule has 0 bridgehead atoms. The zero-order valence-corrected chi connectivity index (χ0v) is 14.0. The number of carbonyl (C=O) groups excluding carboxylic acids is 2. The molecule has 0 aliphatic rings. The second-order valence-corrected chi connectivity index (χ2v) is 6.24. The largest absolute Gasteiger partial charge is 0.466 e. The van der Waals surface area contributed by atoms with E-state index in [4.69, 9.17) is 0 Å². The van der Waals surface area contributed by atoms with Gasteiger partial charge in [0.1, 0.15) is 5.70 Å². The number of rotatable bonds is 6. The number of hydrogen-bond acceptors (Lipinski definition) is 7. The number of benzene rings is 1. The van der Waals surface area contributed by atoms with Crippen molar-refractivity contribution in [2.75, 3.05) is 26.6 Å². The number of ether oxygens (including phenoxy) is 2. The number of methoxy groups -OCH3 is 2. The molecule has 0 saturated carbocycles. The number of esters is 2.